The first-order valence-corrected chi connectivity index (χ1v) is 11.1. The number of hydrogen-bond acceptors (Lipinski definition) is 4. The first-order valence-electron chi connectivity index (χ1n) is 11.1. The summed E-state index contributed by atoms with van der Waals surface area (Å²) in [5, 5.41) is 11.0. The summed E-state index contributed by atoms with van der Waals surface area (Å²) in [6.45, 7) is 5.04. The summed E-state index contributed by atoms with van der Waals surface area (Å²) in [6.07, 6.45) is 4.37. The molecule has 2 aromatic carbocycles. The average Bonchev–Trinajstić information content (AvgIpc) is 3.24. The molecule has 1 aromatic heterocycles. The van der Waals surface area contributed by atoms with Crippen LogP contribution in [-0.4, -0.2) is 29.7 Å². The number of benzene rings is 2. The number of nitrogens with zero attached hydrogens (tertiary/aromatic N) is 2. The zero-order valence-electron chi connectivity index (χ0n) is 18.1. The van der Waals surface area contributed by atoms with Crippen LogP contribution in [0.25, 0.3) is 22.2 Å². The summed E-state index contributed by atoms with van der Waals surface area (Å²) < 4.78 is 20.0. The van der Waals surface area contributed by atoms with Gasteiger partial charge in [-0.2, -0.15) is 5.26 Å². The van der Waals surface area contributed by atoms with E-state index < -0.39 is 5.79 Å². The van der Waals surface area contributed by atoms with Gasteiger partial charge < -0.3 is 18.8 Å². The molecule has 2 heterocycles. The van der Waals surface area contributed by atoms with Crippen molar-refractivity contribution in [1.82, 2.24) is 4.57 Å². The van der Waals surface area contributed by atoms with Crippen LogP contribution in [0.4, 0.5) is 0 Å². The molecule has 31 heavy (non-hydrogen) atoms. The number of aromatic nitrogens is 1. The molecule has 1 saturated heterocycles. The highest BCUT2D eigenvalue weighted by Gasteiger charge is 2.32. The summed E-state index contributed by atoms with van der Waals surface area (Å²) in [5.41, 5.74) is 3.95. The molecule has 160 valence electrons. The molecule has 5 heteroatoms. The first kappa shape index (κ1) is 20.1. The minimum atomic E-state index is -0.505. The smallest absolute Gasteiger partial charge is 0.163 e. The van der Waals surface area contributed by atoms with Crippen LogP contribution in [0.2, 0.25) is 0 Å². The molecule has 5 rings (SSSR count). The van der Waals surface area contributed by atoms with E-state index in [0.29, 0.717) is 19.3 Å². The standard InChI is InChI=1S/C26H28N2O3/c1-26(2)30-17-21(31-26)13-14-29-20-11-12-22-23(16-27)25(18-7-4-3-5-8-18)28(24(22)15-20)19-9-6-10-19/h3-5,7-8,11-12,15,19,21H,6,9-10,13-14,17H2,1-2H3. The highest BCUT2D eigenvalue weighted by Crippen LogP contribution is 2.43. The Hall–Kier alpha value is -2.81. The Kier molecular flexibility index (Phi) is 5.21. The second-order valence-electron chi connectivity index (χ2n) is 8.92. The van der Waals surface area contributed by atoms with Crippen LogP contribution >= 0.6 is 0 Å². The minimum Gasteiger partial charge on any atom is -0.493 e. The van der Waals surface area contributed by atoms with Crippen molar-refractivity contribution >= 4 is 10.9 Å². The molecular weight excluding hydrogens is 388 g/mol. The first-order chi connectivity index (χ1) is 15.1. The van der Waals surface area contributed by atoms with Gasteiger partial charge in [0.25, 0.3) is 0 Å². The van der Waals surface area contributed by atoms with Crippen LogP contribution < -0.4 is 4.74 Å². The van der Waals surface area contributed by atoms with E-state index in [1.807, 2.05) is 44.2 Å². The van der Waals surface area contributed by atoms with Gasteiger partial charge in [-0.1, -0.05) is 30.3 Å². The molecule has 1 aliphatic heterocycles. The van der Waals surface area contributed by atoms with Crippen molar-refractivity contribution in [2.45, 2.75) is 57.5 Å². The topological polar surface area (TPSA) is 56.4 Å². The molecular formula is C26H28N2O3. The van der Waals surface area contributed by atoms with E-state index in [-0.39, 0.29) is 6.10 Å². The maximum atomic E-state index is 10.0. The Morgan fingerprint density at radius 3 is 2.61 bits per heavy atom. The predicted molar refractivity (Wildman–Crippen MR) is 120 cm³/mol. The quantitative estimate of drug-likeness (QED) is 0.508. The number of hydrogen-bond donors (Lipinski definition) is 0. The van der Waals surface area contributed by atoms with Gasteiger partial charge in [0, 0.05) is 23.9 Å². The lowest BCUT2D eigenvalue weighted by atomic mass is 9.92. The van der Waals surface area contributed by atoms with Gasteiger partial charge in [-0.3, -0.25) is 0 Å². The third-order valence-electron chi connectivity index (χ3n) is 6.35. The van der Waals surface area contributed by atoms with Crippen molar-refractivity contribution in [2.24, 2.45) is 0 Å². The predicted octanol–water partition coefficient (Wildman–Crippen LogP) is 5.83. The molecule has 0 N–H and O–H groups in total. The summed E-state index contributed by atoms with van der Waals surface area (Å²) in [4.78, 5) is 0. The molecule has 1 atom stereocenters. The van der Waals surface area contributed by atoms with Gasteiger partial charge in [0.15, 0.2) is 5.79 Å². The molecule has 0 amide bonds. The third-order valence-corrected chi connectivity index (χ3v) is 6.35. The van der Waals surface area contributed by atoms with Gasteiger partial charge in [0.1, 0.15) is 11.8 Å². The Balaban J connectivity index is 1.46. The fourth-order valence-corrected chi connectivity index (χ4v) is 4.61. The van der Waals surface area contributed by atoms with Crippen LogP contribution in [0.1, 0.15) is 51.1 Å². The van der Waals surface area contributed by atoms with Crippen molar-refractivity contribution in [3.63, 3.8) is 0 Å². The fraction of sp³-hybridized carbons (Fsp3) is 0.423. The minimum absolute atomic E-state index is 0.0624. The second-order valence-corrected chi connectivity index (χ2v) is 8.92. The molecule has 0 spiro atoms. The zero-order valence-corrected chi connectivity index (χ0v) is 18.1. The monoisotopic (exact) mass is 416 g/mol. The van der Waals surface area contributed by atoms with E-state index in [2.05, 4.69) is 28.8 Å². The molecule has 1 unspecified atom stereocenters. The van der Waals surface area contributed by atoms with Gasteiger partial charge >= 0.3 is 0 Å². The van der Waals surface area contributed by atoms with Crippen LogP contribution in [0, 0.1) is 11.3 Å². The molecule has 0 radical (unpaired) electrons. The molecule has 2 fully saturated rings. The van der Waals surface area contributed by atoms with Crippen molar-refractivity contribution in [1.29, 1.82) is 5.26 Å². The van der Waals surface area contributed by atoms with Gasteiger partial charge in [-0.05, 0) is 50.8 Å². The summed E-state index contributed by atoms with van der Waals surface area (Å²) >= 11 is 0. The molecule has 0 bridgehead atoms. The summed E-state index contributed by atoms with van der Waals surface area (Å²) in [6, 6.07) is 19.3. The van der Waals surface area contributed by atoms with Crippen molar-refractivity contribution in [2.75, 3.05) is 13.2 Å². The van der Waals surface area contributed by atoms with Gasteiger partial charge in [0.2, 0.25) is 0 Å². The van der Waals surface area contributed by atoms with E-state index in [4.69, 9.17) is 14.2 Å². The molecule has 1 saturated carbocycles. The SMILES string of the molecule is CC1(C)OCC(CCOc2ccc3c(C#N)c(-c4ccccc4)n(C4CCC4)c3c2)O1. The highest BCUT2D eigenvalue weighted by molar-refractivity contribution is 5.95. The van der Waals surface area contributed by atoms with Crippen LogP contribution in [-0.2, 0) is 9.47 Å². The van der Waals surface area contributed by atoms with E-state index in [0.717, 1.165) is 52.7 Å². The normalized spacial score (nSPS) is 20.5. The fourth-order valence-electron chi connectivity index (χ4n) is 4.61. The number of fused-ring (bicyclic) bond motifs is 1. The molecule has 3 aromatic rings. The van der Waals surface area contributed by atoms with Crippen LogP contribution in [0.5, 0.6) is 5.75 Å². The van der Waals surface area contributed by atoms with E-state index in [1.54, 1.807) is 0 Å². The lowest BCUT2D eigenvalue weighted by Crippen LogP contribution is -2.22. The highest BCUT2D eigenvalue weighted by atomic mass is 16.7. The second kappa shape index (κ2) is 8.03. The van der Waals surface area contributed by atoms with E-state index in [9.17, 15) is 5.26 Å². The number of nitriles is 1. The van der Waals surface area contributed by atoms with Crippen molar-refractivity contribution in [3.8, 4) is 23.1 Å². The Labute approximate surface area is 183 Å². The maximum Gasteiger partial charge on any atom is 0.163 e. The van der Waals surface area contributed by atoms with Gasteiger partial charge in [0.05, 0.1) is 36.1 Å². The number of ether oxygens (including phenoxy) is 3. The lowest BCUT2D eigenvalue weighted by Gasteiger charge is -2.30. The van der Waals surface area contributed by atoms with E-state index >= 15 is 0 Å². The van der Waals surface area contributed by atoms with Crippen molar-refractivity contribution < 1.29 is 14.2 Å². The third kappa shape index (κ3) is 3.82. The lowest BCUT2D eigenvalue weighted by molar-refractivity contribution is -0.139. The number of rotatable bonds is 6. The maximum absolute atomic E-state index is 10.0. The Morgan fingerprint density at radius 1 is 1.16 bits per heavy atom. The van der Waals surface area contributed by atoms with Crippen molar-refractivity contribution in [3.05, 3.63) is 54.1 Å². The van der Waals surface area contributed by atoms with Crippen LogP contribution in [0.15, 0.2) is 48.5 Å². The Bertz CT molecular complexity index is 1120. The molecule has 2 aliphatic rings. The summed E-state index contributed by atoms with van der Waals surface area (Å²) in [7, 11) is 0. The average molecular weight is 417 g/mol. The zero-order chi connectivity index (χ0) is 21.4. The molecule has 1 aliphatic carbocycles. The van der Waals surface area contributed by atoms with E-state index in [1.165, 1.54) is 6.42 Å². The van der Waals surface area contributed by atoms with Gasteiger partial charge in [-0.15, -0.1) is 0 Å². The molecule has 5 nitrogen and oxygen atoms in total. The van der Waals surface area contributed by atoms with Crippen LogP contribution in [0.3, 0.4) is 0 Å². The largest absolute Gasteiger partial charge is 0.493 e. The van der Waals surface area contributed by atoms with Gasteiger partial charge in [-0.25, -0.2) is 0 Å². The summed E-state index contributed by atoms with van der Waals surface area (Å²) in [5.74, 6) is 0.321. The Morgan fingerprint density at radius 2 is 1.97 bits per heavy atom.